The highest BCUT2D eigenvalue weighted by atomic mass is 35.5. The standard InChI is InChI=1S/C16H17ClN6O3S/c1-3-22-15(11(2)26-14-6-4-5-12(17)7-14)19-20-16(22)27-10-21-9-13(8-18-21)23(24)25/h4-9,11H,3,10H2,1-2H3. The van der Waals surface area contributed by atoms with Gasteiger partial charge in [-0.3, -0.25) is 14.8 Å². The molecule has 0 fully saturated rings. The molecule has 0 aliphatic carbocycles. The van der Waals surface area contributed by atoms with Crippen LogP contribution in [0.2, 0.25) is 5.02 Å². The Hall–Kier alpha value is -2.59. The average molecular weight is 409 g/mol. The molecule has 2 aromatic heterocycles. The van der Waals surface area contributed by atoms with Gasteiger partial charge in [-0.2, -0.15) is 5.10 Å². The molecule has 2 heterocycles. The predicted molar refractivity (Wildman–Crippen MR) is 101 cm³/mol. The van der Waals surface area contributed by atoms with Crippen LogP contribution in [0.5, 0.6) is 5.75 Å². The molecule has 142 valence electrons. The number of rotatable bonds is 8. The molecule has 0 spiro atoms. The van der Waals surface area contributed by atoms with Gasteiger partial charge in [-0.05, 0) is 32.0 Å². The Morgan fingerprint density at radius 3 is 2.89 bits per heavy atom. The molecule has 0 bridgehead atoms. The highest BCUT2D eigenvalue weighted by Crippen LogP contribution is 2.26. The molecule has 0 aliphatic heterocycles. The first-order chi connectivity index (χ1) is 13.0. The summed E-state index contributed by atoms with van der Waals surface area (Å²) in [6.07, 6.45) is 2.28. The maximum absolute atomic E-state index is 10.7. The van der Waals surface area contributed by atoms with Gasteiger partial charge >= 0.3 is 5.69 Å². The lowest BCUT2D eigenvalue weighted by Gasteiger charge is -2.15. The van der Waals surface area contributed by atoms with Crippen molar-refractivity contribution < 1.29 is 9.66 Å². The first-order valence-corrected chi connectivity index (χ1v) is 9.49. The van der Waals surface area contributed by atoms with Gasteiger partial charge in [-0.15, -0.1) is 10.2 Å². The average Bonchev–Trinajstić information content (AvgIpc) is 3.26. The van der Waals surface area contributed by atoms with Crippen LogP contribution in [0.1, 0.15) is 25.8 Å². The van der Waals surface area contributed by atoms with Gasteiger partial charge in [0.1, 0.15) is 18.1 Å². The van der Waals surface area contributed by atoms with Crippen LogP contribution in [0.4, 0.5) is 5.69 Å². The van der Waals surface area contributed by atoms with Crippen molar-refractivity contribution in [3.63, 3.8) is 0 Å². The summed E-state index contributed by atoms with van der Waals surface area (Å²) in [5.41, 5.74) is -0.0446. The zero-order chi connectivity index (χ0) is 19.4. The molecule has 0 saturated heterocycles. The van der Waals surface area contributed by atoms with Crippen LogP contribution in [0.15, 0.2) is 41.8 Å². The summed E-state index contributed by atoms with van der Waals surface area (Å²) in [7, 11) is 0. The Balaban J connectivity index is 1.70. The van der Waals surface area contributed by atoms with Crippen LogP contribution in [0.3, 0.4) is 0 Å². The van der Waals surface area contributed by atoms with Crippen LogP contribution in [-0.2, 0) is 12.4 Å². The quantitative estimate of drug-likeness (QED) is 0.316. The number of benzene rings is 1. The lowest BCUT2D eigenvalue weighted by molar-refractivity contribution is -0.385. The predicted octanol–water partition coefficient (Wildman–Crippen LogP) is 3.95. The normalized spacial score (nSPS) is 12.1. The van der Waals surface area contributed by atoms with E-state index in [0.29, 0.717) is 34.2 Å². The second kappa shape index (κ2) is 8.40. The Morgan fingerprint density at radius 1 is 1.41 bits per heavy atom. The minimum atomic E-state index is -0.477. The van der Waals surface area contributed by atoms with Crippen molar-refractivity contribution in [1.29, 1.82) is 0 Å². The number of ether oxygens (including phenoxy) is 1. The van der Waals surface area contributed by atoms with Gasteiger partial charge in [0.15, 0.2) is 17.1 Å². The summed E-state index contributed by atoms with van der Waals surface area (Å²) < 4.78 is 9.35. The van der Waals surface area contributed by atoms with E-state index in [9.17, 15) is 10.1 Å². The Morgan fingerprint density at radius 2 is 2.22 bits per heavy atom. The summed E-state index contributed by atoms with van der Waals surface area (Å²) in [6, 6.07) is 7.17. The maximum Gasteiger partial charge on any atom is 0.307 e. The van der Waals surface area contributed by atoms with E-state index >= 15 is 0 Å². The highest BCUT2D eigenvalue weighted by Gasteiger charge is 2.19. The Labute approximate surface area is 164 Å². The van der Waals surface area contributed by atoms with Crippen LogP contribution >= 0.6 is 23.4 Å². The second-order valence-corrected chi connectivity index (χ2v) is 6.92. The van der Waals surface area contributed by atoms with E-state index in [4.69, 9.17) is 16.3 Å². The lowest BCUT2D eigenvalue weighted by atomic mass is 10.3. The van der Waals surface area contributed by atoms with E-state index in [1.807, 2.05) is 30.5 Å². The van der Waals surface area contributed by atoms with E-state index in [0.717, 1.165) is 0 Å². The van der Waals surface area contributed by atoms with Crippen LogP contribution < -0.4 is 4.74 Å². The molecule has 27 heavy (non-hydrogen) atoms. The summed E-state index contributed by atoms with van der Waals surface area (Å²) >= 11 is 7.38. The zero-order valence-electron chi connectivity index (χ0n) is 14.6. The molecule has 11 heteroatoms. The fourth-order valence-electron chi connectivity index (χ4n) is 2.44. The number of hydrogen-bond donors (Lipinski definition) is 0. The number of hydrogen-bond acceptors (Lipinski definition) is 7. The van der Waals surface area contributed by atoms with E-state index < -0.39 is 4.92 Å². The third-order valence-electron chi connectivity index (χ3n) is 3.69. The SMILES string of the molecule is CCn1c(SCn2cc([N+](=O)[O-])cn2)nnc1C(C)Oc1cccc(Cl)c1. The molecule has 0 aliphatic rings. The number of halogens is 1. The van der Waals surface area contributed by atoms with Crippen molar-refractivity contribution in [3.05, 3.63) is 57.6 Å². The number of aromatic nitrogens is 5. The van der Waals surface area contributed by atoms with Crippen molar-refractivity contribution in [1.82, 2.24) is 24.5 Å². The number of nitrogens with zero attached hydrogens (tertiary/aromatic N) is 6. The first-order valence-electron chi connectivity index (χ1n) is 8.13. The van der Waals surface area contributed by atoms with E-state index in [2.05, 4.69) is 15.3 Å². The van der Waals surface area contributed by atoms with E-state index in [1.54, 1.807) is 12.1 Å². The third-order valence-corrected chi connectivity index (χ3v) is 4.88. The molecule has 0 radical (unpaired) electrons. The van der Waals surface area contributed by atoms with Gasteiger partial charge in [0.25, 0.3) is 0 Å². The molecular formula is C16H17ClN6O3S. The molecule has 0 saturated carbocycles. The largest absolute Gasteiger partial charge is 0.483 e. The number of nitro groups is 1. The minimum Gasteiger partial charge on any atom is -0.483 e. The molecular weight excluding hydrogens is 392 g/mol. The molecule has 1 unspecified atom stereocenters. The van der Waals surface area contributed by atoms with Gasteiger partial charge in [0, 0.05) is 11.6 Å². The fourth-order valence-corrected chi connectivity index (χ4v) is 3.49. The monoisotopic (exact) mass is 408 g/mol. The molecule has 3 rings (SSSR count). The first kappa shape index (κ1) is 19.2. The van der Waals surface area contributed by atoms with Crippen LogP contribution in [-0.4, -0.2) is 29.5 Å². The molecule has 9 nitrogen and oxygen atoms in total. The summed E-state index contributed by atoms with van der Waals surface area (Å²) in [5.74, 6) is 1.72. The van der Waals surface area contributed by atoms with E-state index in [1.165, 1.54) is 28.8 Å². The number of thioether (sulfide) groups is 1. The minimum absolute atomic E-state index is 0.0446. The molecule has 1 aromatic carbocycles. The molecule has 0 N–H and O–H groups in total. The van der Waals surface area contributed by atoms with Crippen molar-refractivity contribution >= 4 is 29.1 Å². The summed E-state index contributed by atoms with van der Waals surface area (Å²) in [6.45, 7) is 4.54. The van der Waals surface area contributed by atoms with Gasteiger partial charge in [0.2, 0.25) is 0 Å². The Kier molecular flexibility index (Phi) is 5.97. The summed E-state index contributed by atoms with van der Waals surface area (Å²) in [4.78, 5) is 10.3. The van der Waals surface area contributed by atoms with Crippen LogP contribution in [0.25, 0.3) is 0 Å². The van der Waals surface area contributed by atoms with Crippen molar-refractivity contribution in [2.24, 2.45) is 0 Å². The molecule has 1 atom stereocenters. The van der Waals surface area contributed by atoms with Gasteiger partial charge in [-0.25, -0.2) is 0 Å². The van der Waals surface area contributed by atoms with Crippen LogP contribution in [0, 0.1) is 10.1 Å². The highest BCUT2D eigenvalue weighted by molar-refractivity contribution is 7.98. The van der Waals surface area contributed by atoms with Crippen molar-refractivity contribution in [3.8, 4) is 5.75 Å². The van der Waals surface area contributed by atoms with Crippen molar-refractivity contribution in [2.75, 3.05) is 0 Å². The van der Waals surface area contributed by atoms with Gasteiger partial charge in [-0.1, -0.05) is 29.4 Å². The van der Waals surface area contributed by atoms with E-state index in [-0.39, 0.29) is 11.8 Å². The molecule has 0 amide bonds. The Bertz CT molecular complexity index is 944. The summed E-state index contributed by atoms with van der Waals surface area (Å²) in [5, 5.41) is 24.5. The van der Waals surface area contributed by atoms with Crippen molar-refractivity contribution in [2.45, 2.75) is 37.5 Å². The smallest absolute Gasteiger partial charge is 0.307 e. The fraction of sp³-hybridized carbons (Fsp3) is 0.312. The zero-order valence-corrected chi connectivity index (χ0v) is 16.2. The van der Waals surface area contributed by atoms with Gasteiger partial charge in [0.05, 0.1) is 10.8 Å². The molecule has 3 aromatic rings. The maximum atomic E-state index is 10.7. The lowest BCUT2D eigenvalue weighted by Crippen LogP contribution is -2.12. The topological polar surface area (TPSA) is 101 Å². The van der Waals surface area contributed by atoms with Gasteiger partial charge < -0.3 is 9.30 Å². The second-order valence-electron chi connectivity index (χ2n) is 5.57. The third kappa shape index (κ3) is 4.58.